The van der Waals surface area contributed by atoms with Crippen LogP contribution in [-0.2, 0) is 11.2 Å². The van der Waals surface area contributed by atoms with Crippen LogP contribution in [0.4, 0.5) is 5.69 Å². The maximum atomic E-state index is 12.0. The minimum absolute atomic E-state index is 0.0663. The number of rotatable bonds is 4. The molecule has 0 aliphatic carbocycles. The molecule has 20 heavy (non-hydrogen) atoms. The van der Waals surface area contributed by atoms with Crippen molar-refractivity contribution in [3.8, 4) is 0 Å². The molecule has 3 nitrogen and oxygen atoms in total. The van der Waals surface area contributed by atoms with E-state index in [1.54, 1.807) is 24.3 Å². The number of nitrogens with one attached hydrogen (secondary N) is 1. The van der Waals surface area contributed by atoms with Crippen LogP contribution < -0.4 is 5.32 Å². The van der Waals surface area contributed by atoms with Gasteiger partial charge in [0.25, 0.3) is 0 Å². The summed E-state index contributed by atoms with van der Waals surface area (Å²) in [5.41, 5.74) is 1.99. The largest absolute Gasteiger partial charge is 0.325 e. The van der Waals surface area contributed by atoms with E-state index in [0.717, 1.165) is 10.0 Å². The molecule has 0 aliphatic heterocycles. The summed E-state index contributed by atoms with van der Waals surface area (Å²) in [6.07, 6.45) is 0.270. The Bertz CT molecular complexity index is 652. The average molecular weight is 332 g/mol. The van der Waals surface area contributed by atoms with Gasteiger partial charge in [-0.2, -0.15) is 0 Å². The molecule has 0 spiro atoms. The first-order valence-corrected chi connectivity index (χ1v) is 7.00. The smallest absolute Gasteiger partial charge is 0.228 e. The van der Waals surface area contributed by atoms with E-state index in [9.17, 15) is 9.59 Å². The molecule has 0 aliphatic rings. The lowest BCUT2D eigenvalue weighted by Crippen LogP contribution is -2.16. The van der Waals surface area contributed by atoms with Gasteiger partial charge < -0.3 is 5.32 Å². The molecule has 4 heteroatoms. The van der Waals surface area contributed by atoms with E-state index in [0.29, 0.717) is 11.3 Å². The second kappa shape index (κ2) is 6.48. The van der Waals surface area contributed by atoms with Gasteiger partial charge >= 0.3 is 0 Å². The van der Waals surface area contributed by atoms with Crippen molar-refractivity contribution in [2.24, 2.45) is 0 Å². The number of benzene rings is 2. The number of anilines is 1. The monoisotopic (exact) mass is 331 g/mol. The molecule has 0 aromatic heterocycles. The molecule has 1 N–H and O–H groups in total. The molecule has 0 heterocycles. The molecule has 1 amide bonds. The fraction of sp³-hybridized carbons (Fsp3) is 0.125. The van der Waals surface area contributed by atoms with Gasteiger partial charge in [0, 0.05) is 10.0 Å². The summed E-state index contributed by atoms with van der Waals surface area (Å²) in [6, 6.07) is 14.6. The van der Waals surface area contributed by atoms with Crippen molar-refractivity contribution in [1.82, 2.24) is 0 Å². The molecule has 2 rings (SSSR count). The number of Topliss-reactive ketones (excluding diaryl/α,β-unsaturated/α-hetero) is 1. The number of hydrogen-bond acceptors (Lipinski definition) is 2. The highest BCUT2D eigenvalue weighted by molar-refractivity contribution is 9.10. The summed E-state index contributed by atoms with van der Waals surface area (Å²) >= 11 is 3.37. The Hall–Kier alpha value is -1.94. The van der Waals surface area contributed by atoms with Gasteiger partial charge in [0.2, 0.25) is 5.91 Å². The van der Waals surface area contributed by atoms with E-state index in [-0.39, 0.29) is 18.1 Å². The van der Waals surface area contributed by atoms with Crippen molar-refractivity contribution in [1.29, 1.82) is 0 Å². The van der Waals surface area contributed by atoms with Gasteiger partial charge in [-0.3, -0.25) is 9.59 Å². The van der Waals surface area contributed by atoms with Crippen molar-refractivity contribution in [2.45, 2.75) is 13.3 Å². The molecule has 2 aromatic rings. The highest BCUT2D eigenvalue weighted by atomic mass is 79.9. The Morgan fingerprint density at radius 2 is 1.85 bits per heavy atom. The Labute approximate surface area is 126 Å². The quantitative estimate of drug-likeness (QED) is 0.865. The standard InChI is InChI=1S/C16H14BrNO2/c1-11(19)14-7-2-3-8-15(14)18-16(20)10-12-5-4-6-13(17)9-12/h2-9H,10H2,1H3,(H,18,20). The molecule has 0 atom stereocenters. The van der Waals surface area contributed by atoms with Crippen LogP contribution in [0, 0.1) is 0 Å². The van der Waals surface area contributed by atoms with Gasteiger partial charge in [-0.15, -0.1) is 0 Å². The fourth-order valence-corrected chi connectivity index (χ4v) is 2.37. The third kappa shape index (κ3) is 3.78. The van der Waals surface area contributed by atoms with Gasteiger partial charge in [0.15, 0.2) is 5.78 Å². The number of hydrogen-bond donors (Lipinski definition) is 1. The van der Waals surface area contributed by atoms with Crippen LogP contribution >= 0.6 is 15.9 Å². The minimum Gasteiger partial charge on any atom is -0.325 e. The molecule has 0 unspecified atom stereocenters. The maximum absolute atomic E-state index is 12.0. The zero-order chi connectivity index (χ0) is 14.5. The van der Waals surface area contributed by atoms with Crippen molar-refractivity contribution in [2.75, 3.05) is 5.32 Å². The van der Waals surface area contributed by atoms with E-state index < -0.39 is 0 Å². The Morgan fingerprint density at radius 3 is 2.55 bits per heavy atom. The van der Waals surface area contributed by atoms with Crippen LogP contribution in [0.2, 0.25) is 0 Å². The molecule has 0 radical (unpaired) electrons. The van der Waals surface area contributed by atoms with E-state index in [2.05, 4.69) is 21.2 Å². The van der Waals surface area contributed by atoms with Crippen LogP contribution in [-0.4, -0.2) is 11.7 Å². The minimum atomic E-state index is -0.142. The van der Waals surface area contributed by atoms with E-state index in [1.807, 2.05) is 24.3 Å². The Morgan fingerprint density at radius 1 is 1.10 bits per heavy atom. The van der Waals surface area contributed by atoms with E-state index >= 15 is 0 Å². The van der Waals surface area contributed by atoms with Crippen molar-refractivity contribution in [3.05, 3.63) is 64.1 Å². The topological polar surface area (TPSA) is 46.2 Å². The lowest BCUT2D eigenvalue weighted by Gasteiger charge is -2.09. The third-order valence-electron chi connectivity index (χ3n) is 2.83. The van der Waals surface area contributed by atoms with Gasteiger partial charge in [-0.1, -0.05) is 40.2 Å². The number of carbonyl (C=O) groups excluding carboxylic acids is 2. The van der Waals surface area contributed by atoms with Gasteiger partial charge in [-0.25, -0.2) is 0 Å². The van der Waals surface area contributed by atoms with Gasteiger partial charge in [-0.05, 0) is 36.8 Å². The van der Waals surface area contributed by atoms with Crippen molar-refractivity contribution >= 4 is 33.3 Å². The van der Waals surface area contributed by atoms with E-state index in [4.69, 9.17) is 0 Å². The molecule has 0 saturated carbocycles. The first-order chi connectivity index (χ1) is 9.56. The van der Waals surface area contributed by atoms with Crippen molar-refractivity contribution in [3.63, 3.8) is 0 Å². The van der Waals surface area contributed by atoms with Crippen LogP contribution in [0.5, 0.6) is 0 Å². The zero-order valence-corrected chi connectivity index (χ0v) is 12.6. The number of amides is 1. The number of halogens is 1. The predicted molar refractivity (Wildman–Crippen MR) is 82.9 cm³/mol. The molecule has 0 saturated heterocycles. The summed E-state index contributed by atoms with van der Waals surface area (Å²) in [6.45, 7) is 1.49. The first-order valence-electron chi connectivity index (χ1n) is 6.20. The lowest BCUT2D eigenvalue weighted by atomic mass is 10.1. The average Bonchev–Trinajstić information content (AvgIpc) is 2.38. The molecule has 0 bridgehead atoms. The fourth-order valence-electron chi connectivity index (χ4n) is 1.93. The number of para-hydroxylation sites is 1. The van der Waals surface area contributed by atoms with Crippen molar-refractivity contribution < 1.29 is 9.59 Å². The number of ketones is 1. The molecule has 0 fully saturated rings. The summed E-state index contributed by atoms with van der Waals surface area (Å²) in [5.74, 6) is -0.208. The first kappa shape index (κ1) is 14.5. The summed E-state index contributed by atoms with van der Waals surface area (Å²) in [7, 11) is 0. The molecule has 2 aromatic carbocycles. The third-order valence-corrected chi connectivity index (χ3v) is 3.33. The normalized spacial score (nSPS) is 10.1. The summed E-state index contributed by atoms with van der Waals surface area (Å²) in [4.78, 5) is 23.5. The van der Waals surface area contributed by atoms with Crippen LogP contribution in [0.15, 0.2) is 53.0 Å². The SMILES string of the molecule is CC(=O)c1ccccc1NC(=O)Cc1cccc(Br)c1. The summed E-state index contributed by atoms with van der Waals surface area (Å²) < 4.78 is 0.937. The number of carbonyl (C=O) groups is 2. The second-order valence-electron chi connectivity index (χ2n) is 4.46. The Balaban J connectivity index is 2.11. The van der Waals surface area contributed by atoms with Crippen LogP contribution in [0.1, 0.15) is 22.8 Å². The van der Waals surface area contributed by atoms with Gasteiger partial charge in [0.05, 0.1) is 12.1 Å². The Kier molecular flexibility index (Phi) is 4.69. The lowest BCUT2D eigenvalue weighted by molar-refractivity contribution is -0.115. The van der Waals surface area contributed by atoms with E-state index in [1.165, 1.54) is 6.92 Å². The second-order valence-corrected chi connectivity index (χ2v) is 5.37. The molecular weight excluding hydrogens is 318 g/mol. The maximum Gasteiger partial charge on any atom is 0.228 e. The zero-order valence-electron chi connectivity index (χ0n) is 11.0. The summed E-state index contributed by atoms with van der Waals surface area (Å²) in [5, 5.41) is 2.78. The highest BCUT2D eigenvalue weighted by Gasteiger charge is 2.10. The van der Waals surface area contributed by atoms with Gasteiger partial charge in [0.1, 0.15) is 0 Å². The predicted octanol–water partition coefficient (Wildman–Crippen LogP) is 3.83. The highest BCUT2D eigenvalue weighted by Crippen LogP contribution is 2.17. The van der Waals surface area contributed by atoms with Crippen LogP contribution in [0.25, 0.3) is 0 Å². The molecular formula is C16H14BrNO2. The van der Waals surface area contributed by atoms with Crippen LogP contribution in [0.3, 0.4) is 0 Å². The molecule has 102 valence electrons.